The summed E-state index contributed by atoms with van der Waals surface area (Å²) in [6, 6.07) is 12.1. The Morgan fingerprint density at radius 1 is 1.23 bits per heavy atom. The van der Waals surface area contributed by atoms with Gasteiger partial charge in [0.25, 0.3) is 5.56 Å². The van der Waals surface area contributed by atoms with Crippen molar-refractivity contribution in [2.24, 2.45) is 0 Å². The quantitative estimate of drug-likeness (QED) is 0.590. The molecule has 26 heavy (non-hydrogen) atoms. The summed E-state index contributed by atoms with van der Waals surface area (Å²) < 4.78 is 1.83. The zero-order chi connectivity index (χ0) is 18.1. The molecule has 6 nitrogen and oxygen atoms in total. The molecule has 0 bridgehead atoms. The molecular formula is C19H19N5OS. The molecule has 3 heterocycles. The average molecular weight is 365 g/mol. The normalized spacial score (nSPS) is 11.5. The summed E-state index contributed by atoms with van der Waals surface area (Å²) in [6.45, 7) is 3.35. The van der Waals surface area contributed by atoms with Gasteiger partial charge >= 0.3 is 0 Å². The number of rotatable bonds is 5. The number of thiophene rings is 1. The Balaban J connectivity index is 1.47. The molecule has 0 radical (unpaired) electrons. The van der Waals surface area contributed by atoms with Crippen LogP contribution in [-0.2, 0) is 13.1 Å². The van der Waals surface area contributed by atoms with Crippen molar-refractivity contribution in [3.8, 4) is 5.69 Å². The van der Waals surface area contributed by atoms with Crippen LogP contribution < -0.4 is 5.56 Å². The molecule has 0 aliphatic rings. The second-order valence-electron chi connectivity index (χ2n) is 6.38. The number of nitrogens with zero attached hydrogens (tertiary/aromatic N) is 4. The topological polar surface area (TPSA) is 66.8 Å². The van der Waals surface area contributed by atoms with Crippen molar-refractivity contribution in [2.75, 3.05) is 7.05 Å². The Labute approximate surface area is 154 Å². The van der Waals surface area contributed by atoms with Crippen molar-refractivity contribution < 1.29 is 0 Å². The van der Waals surface area contributed by atoms with E-state index in [0.717, 1.165) is 21.9 Å². The smallest absolute Gasteiger partial charge is 0.259 e. The van der Waals surface area contributed by atoms with Gasteiger partial charge in [0, 0.05) is 23.8 Å². The van der Waals surface area contributed by atoms with Gasteiger partial charge in [0.15, 0.2) is 0 Å². The predicted molar refractivity (Wildman–Crippen MR) is 104 cm³/mol. The first-order chi connectivity index (χ1) is 12.6. The summed E-state index contributed by atoms with van der Waals surface area (Å²) in [7, 11) is 2.02. The maximum absolute atomic E-state index is 12.2. The first-order valence-electron chi connectivity index (χ1n) is 8.35. The molecule has 0 aliphatic heterocycles. The number of hydrogen-bond acceptors (Lipinski definition) is 5. The van der Waals surface area contributed by atoms with Crippen LogP contribution >= 0.6 is 11.3 Å². The molecule has 3 aromatic heterocycles. The second-order valence-corrected chi connectivity index (χ2v) is 7.61. The number of nitrogens with one attached hydrogen (secondary N) is 1. The molecule has 1 aromatic carbocycles. The molecule has 132 valence electrons. The zero-order valence-corrected chi connectivity index (χ0v) is 15.5. The van der Waals surface area contributed by atoms with Crippen LogP contribution in [0.5, 0.6) is 0 Å². The first-order valence-corrected chi connectivity index (χ1v) is 9.17. The van der Waals surface area contributed by atoms with Crippen molar-refractivity contribution in [1.82, 2.24) is 24.6 Å². The van der Waals surface area contributed by atoms with Gasteiger partial charge in [0.05, 0.1) is 17.6 Å². The molecule has 0 fully saturated rings. The van der Waals surface area contributed by atoms with Crippen molar-refractivity contribution in [3.63, 3.8) is 0 Å². The Hall–Kier alpha value is -2.77. The fraction of sp³-hybridized carbons (Fsp3) is 0.211. The highest BCUT2D eigenvalue weighted by Crippen LogP contribution is 2.20. The summed E-state index contributed by atoms with van der Waals surface area (Å²) in [5, 5.41) is 4.91. The highest BCUT2D eigenvalue weighted by Gasteiger charge is 2.09. The average Bonchev–Trinajstić information content (AvgIpc) is 3.25. The summed E-state index contributed by atoms with van der Waals surface area (Å²) in [6.07, 6.45) is 3.69. The minimum Gasteiger partial charge on any atom is -0.309 e. The van der Waals surface area contributed by atoms with Gasteiger partial charge in [0.1, 0.15) is 10.7 Å². The predicted octanol–water partition coefficient (Wildman–Crippen LogP) is 3.11. The Bertz CT molecular complexity index is 1080. The molecule has 4 rings (SSSR count). The third-order valence-electron chi connectivity index (χ3n) is 4.15. The van der Waals surface area contributed by atoms with E-state index in [-0.39, 0.29) is 5.56 Å². The van der Waals surface area contributed by atoms with Crippen LogP contribution in [0.4, 0.5) is 0 Å². The van der Waals surface area contributed by atoms with Crippen LogP contribution in [0, 0.1) is 6.92 Å². The summed E-state index contributed by atoms with van der Waals surface area (Å²) in [4.78, 5) is 23.7. The van der Waals surface area contributed by atoms with E-state index < -0.39 is 0 Å². The van der Waals surface area contributed by atoms with Gasteiger partial charge in [-0.15, -0.1) is 11.3 Å². The minimum absolute atomic E-state index is 0.0636. The SMILES string of the molecule is Cc1cc2c(=O)[nH]c(CN(C)Cc3ccc(-n4cccn4)cc3)nc2s1. The molecule has 0 spiro atoms. The van der Waals surface area contributed by atoms with E-state index in [9.17, 15) is 4.79 Å². The van der Waals surface area contributed by atoms with Crippen LogP contribution in [-0.4, -0.2) is 31.7 Å². The molecule has 0 atom stereocenters. The highest BCUT2D eigenvalue weighted by molar-refractivity contribution is 7.18. The lowest BCUT2D eigenvalue weighted by atomic mass is 10.2. The standard InChI is InChI=1S/C19H19N5OS/c1-13-10-16-18(25)21-17(22-19(16)26-13)12-23(2)11-14-4-6-15(7-5-14)24-9-3-8-20-24/h3-10H,11-12H2,1-2H3,(H,21,22,25). The summed E-state index contributed by atoms with van der Waals surface area (Å²) >= 11 is 1.55. The van der Waals surface area contributed by atoms with E-state index in [4.69, 9.17) is 0 Å². The molecule has 4 aromatic rings. The summed E-state index contributed by atoms with van der Waals surface area (Å²) in [5.41, 5.74) is 2.16. The number of aromatic amines is 1. The van der Waals surface area contributed by atoms with Crippen molar-refractivity contribution in [1.29, 1.82) is 0 Å². The minimum atomic E-state index is -0.0636. The number of aryl methyl sites for hydroxylation is 1. The van der Waals surface area contributed by atoms with Crippen molar-refractivity contribution in [3.05, 3.63) is 75.4 Å². The molecule has 7 heteroatoms. The van der Waals surface area contributed by atoms with Crippen LogP contribution in [0.25, 0.3) is 15.9 Å². The molecule has 1 N–H and O–H groups in total. The van der Waals surface area contributed by atoms with Gasteiger partial charge in [-0.3, -0.25) is 9.69 Å². The third-order valence-corrected chi connectivity index (χ3v) is 5.10. The monoisotopic (exact) mass is 365 g/mol. The van der Waals surface area contributed by atoms with Gasteiger partial charge in [-0.05, 0) is 43.8 Å². The fourth-order valence-corrected chi connectivity index (χ4v) is 3.87. The molecular weight excluding hydrogens is 346 g/mol. The molecule has 0 amide bonds. The lowest BCUT2D eigenvalue weighted by Crippen LogP contribution is -2.21. The van der Waals surface area contributed by atoms with Crippen molar-refractivity contribution >= 4 is 21.6 Å². The Morgan fingerprint density at radius 3 is 2.77 bits per heavy atom. The van der Waals surface area contributed by atoms with Crippen LogP contribution in [0.3, 0.4) is 0 Å². The van der Waals surface area contributed by atoms with E-state index in [1.165, 1.54) is 5.56 Å². The van der Waals surface area contributed by atoms with Gasteiger partial charge in [-0.2, -0.15) is 5.10 Å². The first kappa shape index (κ1) is 16.7. The Morgan fingerprint density at radius 2 is 2.04 bits per heavy atom. The lowest BCUT2D eigenvalue weighted by molar-refractivity contribution is 0.311. The second kappa shape index (κ2) is 6.86. The lowest BCUT2D eigenvalue weighted by Gasteiger charge is -2.16. The maximum Gasteiger partial charge on any atom is 0.259 e. The number of hydrogen-bond donors (Lipinski definition) is 1. The van der Waals surface area contributed by atoms with Crippen LogP contribution in [0.2, 0.25) is 0 Å². The van der Waals surface area contributed by atoms with Crippen LogP contribution in [0.1, 0.15) is 16.3 Å². The van der Waals surface area contributed by atoms with Gasteiger partial charge < -0.3 is 4.98 Å². The maximum atomic E-state index is 12.2. The summed E-state index contributed by atoms with van der Waals surface area (Å²) in [5.74, 6) is 0.694. The largest absolute Gasteiger partial charge is 0.309 e. The van der Waals surface area contributed by atoms with Crippen molar-refractivity contribution in [2.45, 2.75) is 20.0 Å². The molecule has 0 saturated carbocycles. The van der Waals surface area contributed by atoms with E-state index in [0.29, 0.717) is 17.8 Å². The van der Waals surface area contributed by atoms with E-state index in [1.54, 1.807) is 17.5 Å². The highest BCUT2D eigenvalue weighted by atomic mass is 32.1. The zero-order valence-electron chi connectivity index (χ0n) is 14.6. The molecule has 0 saturated heterocycles. The molecule has 0 aliphatic carbocycles. The van der Waals surface area contributed by atoms with Crippen LogP contribution in [0.15, 0.2) is 53.6 Å². The van der Waals surface area contributed by atoms with Gasteiger partial charge in [0.2, 0.25) is 0 Å². The number of H-pyrrole nitrogens is 1. The van der Waals surface area contributed by atoms with E-state index >= 15 is 0 Å². The Kier molecular flexibility index (Phi) is 4.40. The van der Waals surface area contributed by atoms with Gasteiger partial charge in [-0.25, -0.2) is 9.67 Å². The molecule has 0 unspecified atom stereocenters. The van der Waals surface area contributed by atoms with E-state index in [1.807, 2.05) is 37.0 Å². The van der Waals surface area contributed by atoms with Gasteiger partial charge in [-0.1, -0.05) is 12.1 Å². The number of fused-ring (bicyclic) bond motifs is 1. The van der Waals surface area contributed by atoms with E-state index in [2.05, 4.69) is 44.2 Å². The number of aromatic nitrogens is 4. The fourth-order valence-electron chi connectivity index (χ4n) is 2.97. The number of benzene rings is 1. The third kappa shape index (κ3) is 3.44.